The highest BCUT2D eigenvalue weighted by molar-refractivity contribution is 7.92. The Hall–Kier alpha value is -1.16. The van der Waals surface area contributed by atoms with Gasteiger partial charge < -0.3 is 5.73 Å². The highest BCUT2D eigenvalue weighted by Crippen LogP contribution is 2.17. The lowest BCUT2D eigenvalue weighted by Crippen LogP contribution is -2.40. The van der Waals surface area contributed by atoms with Gasteiger partial charge >= 0.3 is 0 Å². The van der Waals surface area contributed by atoms with E-state index in [9.17, 15) is 16.8 Å². The van der Waals surface area contributed by atoms with E-state index in [-0.39, 0.29) is 23.2 Å². The van der Waals surface area contributed by atoms with Crippen LogP contribution in [0.15, 0.2) is 29.2 Å². The van der Waals surface area contributed by atoms with Crippen LogP contribution in [0.2, 0.25) is 0 Å². The van der Waals surface area contributed by atoms with Crippen molar-refractivity contribution in [3.63, 3.8) is 0 Å². The van der Waals surface area contributed by atoms with Gasteiger partial charge in [0.15, 0.2) is 0 Å². The van der Waals surface area contributed by atoms with E-state index in [0.29, 0.717) is 24.4 Å². The van der Waals surface area contributed by atoms with E-state index in [0.717, 1.165) is 6.42 Å². The fourth-order valence-electron chi connectivity index (χ4n) is 2.32. The summed E-state index contributed by atoms with van der Waals surface area (Å²) < 4.78 is 53.6. The van der Waals surface area contributed by atoms with E-state index in [1.807, 2.05) is 20.8 Å². The van der Waals surface area contributed by atoms with Crippen molar-refractivity contribution in [1.29, 1.82) is 0 Å². The van der Waals surface area contributed by atoms with Crippen LogP contribution in [0.5, 0.6) is 0 Å². The minimum absolute atomic E-state index is 0.0402. The second-order valence-electron chi connectivity index (χ2n) is 6.48. The molecule has 7 nitrogen and oxygen atoms in total. The number of anilines is 1. The Labute approximate surface area is 151 Å². The second kappa shape index (κ2) is 9.51. The number of nitrogens with one attached hydrogen (secondary N) is 2. The molecule has 0 saturated heterocycles. The summed E-state index contributed by atoms with van der Waals surface area (Å²) in [5, 5.41) is 0. The van der Waals surface area contributed by atoms with Gasteiger partial charge in [0.1, 0.15) is 0 Å². The van der Waals surface area contributed by atoms with Crippen molar-refractivity contribution < 1.29 is 16.8 Å². The summed E-state index contributed by atoms with van der Waals surface area (Å²) in [6.45, 7) is 6.12. The lowest BCUT2D eigenvalue weighted by atomic mass is 10.1. The van der Waals surface area contributed by atoms with Crippen molar-refractivity contribution in [3.05, 3.63) is 24.3 Å². The Morgan fingerprint density at radius 3 is 2.16 bits per heavy atom. The summed E-state index contributed by atoms with van der Waals surface area (Å²) >= 11 is 0. The molecule has 9 heteroatoms. The van der Waals surface area contributed by atoms with Gasteiger partial charge in [-0.2, -0.15) is 0 Å². The second-order valence-corrected chi connectivity index (χ2v) is 10.0. The van der Waals surface area contributed by atoms with Gasteiger partial charge in [0, 0.05) is 18.3 Å². The van der Waals surface area contributed by atoms with Crippen LogP contribution >= 0.6 is 0 Å². The molecule has 1 rings (SSSR count). The summed E-state index contributed by atoms with van der Waals surface area (Å²) in [6, 6.07) is 5.30. The SMILES string of the molecule is CCCCS(=O)(=O)Nc1ccc(S(=O)(=O)NC(CN)CC(C)C)cc1. The molecule has 4 N–H and O–H groups in total. The zero-order valence-electron chi connectivity index (χ0n) is 15.0. The minimum Gasteiger partial charge on any atom is -0.329 e. The molecule has 144 valence electrons. The lowest BCUT2D eigenvalue weighted by molar-refractivity contribution is 0.465. The first kappa shape index (κ1) is 21.9. The Morgan fingerprint density at radius 2 is 1.68 bits per heavy atom. The smallest absolute Gasteiger partial charge is 0.240 e. The van der Waals surface area contributed by atoms with E-state index in [2.05, 4.69) is 9.44 Å². The molecule has 0 aliphatic carbocycles. The van der Waals surface area contributed by atoms with Gasteiger partial charge in [0.25, 0.3) is 0 Å². The molecule has 0 aliphatic heterocycles. The number of hydrogen-bond donors (Lipinski definition) is 3. The summed E-state index contributed by atoms with van der Waals surface area (Å²) in [6.07, 6.45) is 2.00. The van der Waals surface area contributed by atoms with Gasteiger partial charge in [-0.15, -0.1) is 0 Å². The summed E-state index contributed by atoms with van der Waals surface area (Å²) in [5.74, 6) is 0.356. The standard InChI is InChI=1S/C16H29N3O4S2/c1-4-5-10-24(20,21)18-14-6-8-16(9-7-14)25(22,23)19-15(12-17)11-13(2)3/h6-9,13,15,18-19H,4-5,10-12,17H2,1-3H3. The van der Waals surface area contributed by atoms with E-state index < -0.39 is 20.0 Å². The number of rotatable bonds is 11. The Bertz CT molecular complexity index is 729. The predicted octanol–water partition coefficient (Wildman–Crippen LogP) is 1.88. The van der Waals surface area contributed by atoms with Crippen molar-refractivity contribution in [2.24, 2.45) is 11.7 Å². The predicted molar refractivity (Wildman–Crippen MR) is 101 cm³/mol. The molecule has 1 unspecified atom stereocenters. The van der Waals surface area contributed by atoms with Crippen molar-refractivity contribution >= 4 is 25.7 Å². The molecule has 0 amide bonds. The van der Waals surface area contributed by atoms with Crippen LogP contribution in [0.4, 0.5) is 5.69 Å². The molecule has 0 aromatic heterocycles. The van der Waals surface area contributed by atoms with Crippen LogP contribution < -0.4 is 15.2 Å². The maximum absolute atomic E-state index is 12.4. The molecule has 25 heavy (non-hydrogen) atoms. The van der Waals surface area contributed by atoms with Crippen LogP contribution in [0, 0.1) is 5.92 Å². The molecule has 1 atom stereocenters. The zero-order valence-corrected chi connectivity index (χ0v) is 16.7. The van der Waals surface area contributed by atoms with E-state index >= 15 is 0 Å². The molecule has 0 spiro atoms. The average Bonchev–Trinajstić information content (AvgIpc) is 2.51. The third-order valence-corrected chi connectivity index (χ3v) is 6.48. The molecular weight excluding hydrogens is 362 g/mol. The molecule has 0 radical (unpaired) electrons. The van der Waals surface area contributed by atoms with Gasteiger partial charge in [-0.05, 0) is 43.0 Å². The van der Waals surface area contributed by atoms with Gasteiger partial charge in [0.05, 0.1) is 10.6 Å². The molecule has 0 fully saturated rings. The average molecular weight is 392 g/mol. The minimum atomic E-state index is -3.70. The van der Waals surface area contributed by atoms with Crippen LogP contribution in [0.3, 0.4) is 0 Å². The molecular formula is C16H29N3O4S2. The Balaban J connectivity index is 2.83. The fraction of sp³-hybridized carbons (Fsp3) is 0.625. The van der Waals surface area contributed by atoms with Gasteiger partial charge in [0.2, 0.25) is 20.0 Å². The third-order valence-electron chi connectivity index (χ3n) is 3.57. The number of hydrogen-bond acceptors (Lipinski definition) is 5. The first-order chi connectivity index (χ1) is 11.6. The molecule has 0 aliphatic rings. The quantitative estimate of drug-likeness (QED) is 0.532. The monoisotopic (exact) mass is 391 g/mol. The highest BCUT2D eigenvalue weighted by atomic mass is 32.2. The van der Waals surface area contributed by atoms with Crippen molar-refractivity contribution in [2.45, 2.75) is 51.0 Å². The Morgan fingerprint density at radius 1 is 1.08 bits per heavy atom. The molecule has 1 aromatic carbocycles. The highest BCUT2D eigenvalue weighted by Gasteiger charge is 2.20. The molecule has 1 aromatic rings. The number of unbranched alkanes of at least 4 members (excludes halogenated alkanes) is 1. The van der Waals surface area contributed by atoms with Gasteiger partial charge in [-0.25, -0.2) is 21.6 Å². The van der Waals surface area contributed by atoms with Crippen LogP contribution in [0.25, 0.3) is 0 Å². The summed E-state index contributed by atoms with van der Waals surface area (Å²) in [5.41, 5.74) is 5.98. The maximum atomic E-state index is 12.4. The van der Waals surface area contributed by atoms with Crippen LogP contribution in [-0.2, 0) is 20.0 Å². The number of sulfonamides is 2. The van der Waals surface area contributed by atoms with Crippen LogP contribution in [0.1, 0.15) is 40.0 Å². The Kier molecular flexibility index (Phi) is 8.33. The fourth-order valence-corrected chi connectivity index (χ4v) is 4.84. The zero-order chi connectivity index (χ0) is 19.1. The van der Waals surface area contributed by atoms with E-state index in [1.165, 1.54) is 24.3 Å². The largest absolute Gasteiger partial charge is 0.329 e. The maximum Gasteiger partial charge on any atom is 0.240 e. The first-order valence-corrected chi connectivity index (χ1v) is 11.6. The van der Waals surface area contributed by atoms with Crippen LogP contribution in [-0.4, -0.2) is 35.2 Å². The van der Waals surface area contributed by atoms with E-state index in [1.54, 1.807) is 0 Å². The van der Waals surface area contributed by atoms with E-state index in [4.69, 9.17) is 5.73 Å². The topological polar surface area (TPSA) is 118 Å². The summed E-state index contributed by atoms with van der Waals surface area (Å²) in [7, 11) is -7.11. The van der Waals surface area contributed by atoms with Crippen molar-refractivity contribution in [2.75, 3.05) is 17.0 Å². The molecule has 0 heterocycles. The third kappa shape index (κ3) is 7.72. The molecule has 0 bridgehead atoms. The van der Waals surface area contributed by atoms with Gasteiger partial charge in [-0.1, -0.05) is 27.2 Å². The normalized spacial score (nSPS) is 13.8. The number of benzene rings is 1. The first-order valence-electron chi connectivity index (χ1n) is 8.42. The number of nitrogens with two attached hydrogens (primary N) is 1. The van der Waals surface area contributed by atoms with Gasteiger partial charge in [-0.3, -0.25) is 4.72 Å². The molecule has 0 saturated carbocycles. The lowest BCUT2D eigenvalue weighted by Gasteiger charge is -2.19. The summed E-state index contributed by atoms with van der Waals surface area (Å²) in [4.78, 5) is 0.0752. The van der Waals surface area contributed by atoms with Crippen molar-refractivity contribution in [3.8, 4) is 0 Å². The van der Waals surface area contributed by atoms with Crippen molar-refractivity contribution in [1.82, 2.24) is 4.72 Å².